The van der Waals surface area contributed by atoms with Crippen LogP contribution in [0.4, 0.5) is 0 Å². The first kappa shape index (κ1) is 17.6. The lowest BCUT2D eigenvalue weighted by Crippen LogP contribution is -2.34. The minimum atomic E-state index is -0.590. The molecule has 1 amide bonds. The topological polar surface area (TPSA) is 64.4 Å². The summed E-state index contributed by atoms with van der Waals surface area (Å²) < 4.78 is 10.7. The number of carbonyl (C=O) groups is 1. The molecule has 0 atom stereocenters. The molecule has 0 unspecified atom stereocenters. The van der Waals surface area contributed by atoms with Crippen LogP contribution in [0.25, 0.3) is 11.3 Å². The van der Waals surface area contributed by atoms with Crippen LogP contribution in [0.2, 0.25) is 5.02 Å². The first-order valence-electron chi connectivity index (χ1n) is 8.75. The van der Waals surface area contributed by atoms with Gasteiger partial charge in [0.1, 0.15) is 5.75 Å². The first-order valence-corrected chi connectivity index (χ1v) is 9.13. The van der Waals surface area contributed by atoms with Crippen molar-refractivity contribution in [1.29, 1.82) is 0 Å². The molecule has 4 rings (SSSR count). The molecule has 5 nitrogen and oxygen atoms in total. The molecule has 138 valence electrons. The highest BCUT2D eigenvalue weighted by atomic mass is 35.5. The van der Waals surface area contributed by atoms with Crippen LogP contribution in [0.3, 0.4) is 0 Å². The van der Waals surface area contributed by atoms with Gasteiger partial charge in [-0.1, -0.05) is 28.9 Å². The van der Waals surface area contributed by atoms with Gasteiger partial charge in [-0.3, -0.25) is 4.79 Å². The fraction of sp³-hybridized carbons (Fsp3) is 0.238. The number of rotatable bonds is 6. The molecule has 1 saturated carbocycles. The summed E-state index contributed by atoms with van der Waals surface area (Å²) in [4.78, 5) is 12.8. The van der Waals surface area contributed by atoms with Crippen LogP contribution in [0.15, 0.2) is 59.1 Å². The predicted octanol–water partition coefficient (Wildman–Crippen LogP) is 4.35. The van der Waals surface area contributed by atoms with Crippen LogP contribution in [-0.2, 0) is 16.8 Å². The number of halogens is 1. The largest absolute Gasteiger partial charge is 0.497 e. The van der Waals surface area contributed by atoms with Gasteiger partial charge in [-0.15, -0.1) is 0 Å². The van der Waals surface area contributed by atoms with Crippen molar-refractivity contribution in [1.82, 2.24) is 10.5 Å². The zero-order chi connectivity index (χ0) is 18.9. The molecule has 27 heavy (non-hydrogen) atoms. The summed E-state index contributed by atoms with van der Waals surface area (Å²) in [7, 11) is 1.62. The zero-order valence-electron chi connectivity index (χ0n) is 14.9. The van der Waals surface area contributed by atoms with Crippen LogP contribution in [0.1, 0.15) is 24.1 Å². The molecular weight excluding hydrogens is 364 g/mol. The second-order valence-electron chi connectivity index (χ2n) is 6.70. The number of benzene rings is 2. The molecule has 0 saturated heterocycles. The number of hydrogen-bond donors (Lipinski definition) is 1. The van der Waals surface area contributed by atoms with Crippen molar-refractivity contribution in [2.75, 3.05) is 7.11 Å². The standard InChI is InChI=1S/C21H19ClN2O3/c1-26-17-4-2-3-14(11-17)13-23-20(25)21(9-10-21)19-12-18(27-24-19)15-5-7-16(22)8-6-15/h2-8,11-12H,9-10,13H2,1H3,(H,23,25). The van der Waals surface area contributed by atoms with E-state index in [1.165, 1.54) is 0 Å². The van der Waals surface area contributed by atoms with Crippen LogP contribution < -0.4 is 10.1 Å². The minimum Gasteiger partial charge on any atom is -0.497 e. The van der Waals surface area contributed by atoms with Crippen molar-refractivity contribution in [3.05, 3.63) is 70.9 Å². The molecule has 2 aromatic carbocycles. The summed E-state index contributed by atoms with van der Waals surface area (Å²) in [5.41, 5.74) is 1.95. The van der Waals surface area contributed by atoms with Crippen molar-refractivity contribution in [3.8, 4) is 17.1 Å². The minimum absolute atomic E-state index is 0.0266. The molecule has 1 aliphatic rings. The number of hydrogen-bond acceptors (Lipinski definition) is 4. The second-order valence-corrected chi connectivity index (χ2v) is 7.14. The van der Waals surface area contributed by atoms with Crippen molar-refractivity contribution in [2.24, 2.45) is 0 Å². The SMILES string of the molecule is COc1cccc(CNC(=O)C2(c3cc(-c4ccc(Cl)cc4)on3)CC2)c1. The summed E-state index contributed by atoms with van der Waals surface area (Å²) in [5, 5.41) is 7.84. The fourth-order valence-electron chi connectivity index (χ4n) is 3.11. The number of nitrogens with one attached hydrogen (secondary N) is 1. The smallest absolute Gasteiger partial charge is 0.232 e. The lowest BCUT2D eigenvalue weighted by atomic mass is 10.00. The maximum Gasteiger partial charge on any atom is 0.232 e. The molecule has 1 fully saturated rings. The van der Waals surface area contributed by atoms with E-state index in [0.717, 1.165) is 29.7 Å². The van der Waals surface area contributed by atoms with E-state index in [1.807, 2.05) is 42.5 Å². The number of amides is 1. The quantitative estimate of drug-likeness (QED) is 0.688. The van der Waals surface area contributed by atoms with Crippen LogP contribution >= 0.6 is 11.6 Å². The number of methoxy groups -OCH3 is 1. The van der Waals surface area contributed by atoms with Gasteiger partial charge in [0.25, 0.3) is 0 Å². The van der Waals surface area contributed by atoms with Crippen LogP contribution in [-0.4, -0.2) is 18.2 Å². The van der Waals surface area contributed by atoms with Crippen molar-refractivity contribution in [2.45, 2.75) is 24.8 Å². The predicted molar refractivity (Wildman–Crippen MR) is 103 cm³/mol. The third-order valence-corrected chi connectivity index (χ3v) is 5.15. The van der Waals surface area contributed by atoms with E-state index in [4.69, 9.17) is 20.9 Å². The highest BCUT2D eigenvalue weighted by molar-refractivity contribution is 6.30. The van der Waals surface area contributed by atoms with Gasteiger partial charge in [0.05, 0.1) is 18.2 Å². The average molecular weight is 383 g/mol. The Balaban J connectivity index is 1.47. The molecule has 0 aliphatic heterocycles. The summed E-state index contributed by atoms with van der Waals surface area (Å²) in [5.74, 6) is 1.38. The molecule has 0 radical (unpaired) electrons. The van der Waals surface area contributed by atoms with Gasteiger partial charge >= 0.3 is 0 Å². The van der Waals surface area contributed by atoms with Crippen LogP contribution in [0, 0.1) is 0 Å². The highest BCUT2D eigenvalue weighted by Gasteiger charge is 2.53. The number of aromatic nitrogens is 1. The Labute approximate surface area is 162 Å². The van der Waals surface area contributed by atoms with Gasteiger partial charge in [-0.2, -0.15) is 0 Å². The van der Waals surface area contributed by atoms with Crippen LogP contribution in [0.5, 0.6) is 5.75 Å². The molecule has 3 aromatic rings. The summed E-state index contributed by atoms with van der Waals surface area (Å²) in [6.45, 7) is 0.444. The monoisotopic (exact) mass is 382 g/mol. The second kappa shape index (κ2) is 7.08. The van der Waals surface area contributed by atoms with Gasteiger partial charge in [-0.25, -0.2) is 0 Å². The fourth-order valence-corrected chi connectivity index (χ4v) is 3.24. The summed E-state index contributed by atoms with van der Waals surface area (Å²) in [6, 6.07) is 16.8. The molecule has 1 aromatic heterocycles. The number of ether oxygens (including phenoxy) is 1. The van der Waals surface area contributed by atoms with Gasteiger partial charge in [-0.05, 0) is 54.8 Å². The Bertz CT molecular complexity index is 962. The van der Waals surface area contributed by atoms with E-state index in [9.17, 15) is 4.79 Å². The van der Waals surface area contributed by atoms with E-state index < -0.39 is 5.41 Å². The van der Waals surface area contributed by atoms with E-state index in [2.05, 4.69) is 10.5 Å². The summed E-state index contributed by atoms with van der Waals surface area (Å²) in [6.07, 6.45) is 1.53. The maximum atomic E-state index is 12.8. The molecule has 6 heteroatoms. The highest BCUT2D eigenvalue weighted by Crippen LogP contribution is 2.48. The Kier molecular flexibility index (Phi) is 4.62. The third-order valence-electron chi connectivity index (χ3n) is 4.90. The van der Waals surface area contributed by atoms with Gasteiger partial charge < -0.3 is 14.6 Å². The van der Waals surface area contributed by atoms with Crippen molar-refractivity contribution in [3.63, 3.8) is 0 Å². The van der Waals surface area contributed by atoms with Gasteiger partial charge in [0.15, 0.2) is 5.76 Å². The Hall–Kier alpha value is -2.79. The molecule has 0 bridgehead atoms. The number of nitrogens with zero attached hydrogens (tertiary/aromatic N) is 1. The van der Waals surface area contributed by atoms with Crippen molar-refractivity contribution >= 4 is 17.5 Å². The Morgan fingerprint density at radius 2 is 2.00 bits per heavy atom. The summed E-state index contributed by atoms with van der Waals surface area (Å²) >= 11 is 5.93. The molecule has 1 aliphatic carbocycles. The maximum absolute atomic E-state index is 12.8. The average Bonchev–Trinajstić information content (AvgIpc) is 3.37. The van der Waals surface area contributed by atoms with Gasteiger partial charge in [0.2, 0.25) is 5.91 Å². The molecular formula is C21H19ClN2O3. The lowest BCUT2D eigenvalue weighted by molar-refractivity contribution is -0.123. The molecule has 1 heterocycles. The van der Waals surface area contributed by atoms with E-state index in [1.54, 1.807) is 19.2 Å². The Morgan fingerprint density at radius 3 is 2.70 bits per heavy atom. The van der Waals surface area contributed by atoms with Crippen molar-refractivity contribution < 1.29 is 14.1 Å². The number of carbonyl (C=O) groups excluding carboxylic acids is 1. The van der Waals surface area contributed by atoms with E-state index in [-0.39, 0.29) is 5.91 Å². The zero-order valence-corrected chi connectivity index (χ0v) is 15.6. The first-order chi connectivity index (χ1) is 13.1. The van der Waals surface area contributed by atoms with E-state index >= 15 is 0 Å². The lowest BCUT2D eigenvalue weighted by Gasteiger charge is -2.13. The normalized spacial score (nSPS) is 14.6. The Morgan fingerprint density at radius 1 is 1.22 bits per heavy atom. The molecule has 0 spiro atoms. The van der Waals surface area contributed by atoms with E-state index in [0.29, 0.717) is 23.0 Å². The third kappa shape index (κ3) is 3.55. The molecule has 1 N–H and O–H groups in total. The van der Waals surface area contributed by atoms with Gasteiger partial charge in [0, 0.05) is 23.2 Å².